The van der Waals surface area contributed by atoms with Crippen LogP contribution in [0.3, 0.4) is 0 Å². The number of hydrogen-bond donors (Lipinski definition) is 2. The molecule has 0 aromatic heterocycles. The van der Waals surface area contributed by atoms with Crippen LogP contribution in [0.5, 0.6) is 23.0 Å². The van der Waals surface area contributed by atoms with Crippen molar-refractivity contribution < 1.29 is 57.5 Å². The Morgan fingerprint density at radius 1 is 0.929 bits per heavy atom. The van der Waals surface area contributed by atoms with Gasteiger partial charge in [0.25, 0.3) is 0 Å². The van der Waals surface area contributed by atoms with Crippen LogP contribution in [0, 0.1) is 23.6 Å². The molecular weight excluding hydrogens is 896 g/mol. The molecule has 70 heavy (non-hydrogen) atoms. The van der Waals surface area contributed by atoms with Crippen molar-refractivity contribution in [3.05, 3.63) is 143 Å². The molecule has 4 aromatic carbocycles. The number of amides is 1. The number of methoxy groups -OCH3 is 1. The monoisotopic (exact) mass is 962 g/mol. The van der Waals surface area contributed by atoms with Gasteiger partial charge in [-0.05, 0) is 124 Å². The number of fused-ring (bicyclic) bond motifs is 2. The Labute approximate surface area is 410 Å². The SMILES string of the molecule is C=CCO[C@@]12Oc3ccc(Oc4ccc(OC)c(C=O)c4)cc3[C@H]3[C@H](CCCCO)[C@@H](CCCCO)C=C(C(=NOC(C)(C)C)C[C@@H]1N(Cc1ccc(F)cc1)C(=O)OCCOCc1ccccc1)[C@H]32. The van der Waals surface area contributed by atoms with Gasteiger partial charge in [-0.25, -0.2) is 9.18 Å². The van der Waals surface area contributed by atoms with Crippen molar-refractivity contribution in [2.75, 3.05) is 40.1 Å². The number of hydrogen-bond acceptors (Lipinski definition) is 12. The van der Waals surface area contributed by atoms with E-state index < -0.39 is 35.3 Å². The van der Waals surface area contributed by atoms with Gasteiger partial charge >= 0.3 is 6.09 Å². The fourth-order valence-corrected chi connectivity index (χ4v) is 10.0. The summed E-state index contributed by atoms with van der Waals surface area (Å²) >= 11 is 0. The minimum Gasteiger partial charge on any atom is -0.496 e. The Bertz CT molecular complexity index is 2440. The summed E-state index contributed by atoms with van der Waals surface area (Å²) in [5, 5.41) is 25.0. The van der Waals surface area contributed by atoms with E-state index in [1.54, 1.807) is 47.4 Å². The molecule has 7 rings (SSSR count). The van der Waals surface area contributed by atoms with Gasteiger partial charge in [-0.3, -0.25) is 9.69 Å². The maximum atomic E-state index is 15.0. The molecule has 2 aliphatic carbocycles. The minimum atomic E-state index is -1.59. The van der Waals surface area contributed by atoms with Gasteiger partial charge in [0.05, 0.1) is 44.1 Å². The molecule has 0 bridgehead atoms. The molecular formula is C56H67FN2O11. The third-order valence-corrected chi connectivity index (χ3v) is 13.1. The first-order chi connectivity index (χ1) is 33.9. The smallest absolute Gasteiger partial charge is 0.410 e. The van der Waals surface area contributed by atoms with Crippen LogP contribution in [-0.2, 0) is 32.2 Å². The number of carbonyl (C=O) groups excluding carboxylic acids is 2. The molecule has 374 valence electrons. The third kappa shape index (κ3) is 12.4. The number of halogens is 1. The predicted octanol–water partition coefficient (Wildman–Crippen LogP) is 10.7. The second-order valence-corrected chi connectivity index (χ2v) is 19.0. The predicted molar refractivity (Wildman–Crippen MR) is 264 cm³/mol. The number of aliphatic hydroxyl groups excluding tert-OH is 2. The van der Waals surface area contributed by atoms with Crippen LogP contribution >= 0.6 is 0 Å². The number of aliphatic hydroxyl groups is 2. The van der Waals surface area contributed by atoms with Crippen molar-refractivity contribution in [3.63, 3.8) is 0 Å². The normalized spacial score (nSPS) is 21.9. The van der Waals surface area contributed by atoms with Gasteiger partial charge in [0.15, 0.2) is 6.29 Å². The van der Waals surface area contributed by atoms with Gasteiger partial charge in [-0.15, -0.1) is 6.58 Å². The van der Waals surface area contributed by atoms with E-state index in [0.29, 0.717) is 59.3 Å². The summed E-state index contributed by atoms with van der Waals surface area (Å²) in [7, 11) is 1.50. The molecule has 3 aliphatic rings. The van der Waals surface area contributed by atoms with Crippen LogP contribution in [0.25, 0.3) is 0 Å². The summed E-state index contributed by atoms with van der Waals surface area (Å²) in [5.74, 6) is -1.19. The molecule has 1 saturated carbocycles. The first kappa shape index (κ1) is 51.8. The lowest BCUT2D eigenvalue weighted by molar-refractivity contribution is -0.256. The highest BCUT2D eigenvalue weighted by Crippen LogP contribution is 2.62. The average molecular weight is 963 g/mol. The Hall–Kier alpha value is -6.06. The molecule has 0 spiro atoms. The maximum absolute atomic E-state index is 15.0. The number of nitrogens with zero attached hydrogens (tertiary/aromatic N) is 2. The maximum Gasteiger partial charge on any atom is 0.410 e. The van der Waals surface area contributed by atoms with E-state index in [-0.39, 0.29) is 63.8 Å². The minimum absolute atomic E-state index is 0.00492. The highest BCUT2D eigenvalue weighted by molar-refractivity contribution is 6.03. The quantitative estimate of drug-likeness (QED) is 0.0298. The van der Waals surface area contributed by atoms with Crippen LogP contribution in [0.4, 0.5) is 9.18 Å². The number of unbranched alkanes of at least 4 members (excludes halogenated alkanes) is 2. The highest BCUT2D eigenvalue weighted by Gasteiger charge is 2.66. The largest absolute Gasteiger partial charge is 0.496 e. The lowest BCUT2D eigenvalue weighted by Gasteiger charge is -2.60. The van der Waals surface area contributed by atoms with E-state index in [1.807, 2.05) is 63.2 Å². The Morgan fingerprint density at radius 2 is 1.66 bits per heavy atom. The average Bonchev–Trinajstić information content (AvgIpc) is 3.36. The fourth-order valence-electron chi connectivity index (χ4n) is 10.0. The van der Waals surface area contributed by atoms with E-state index in [9.17, 15) is 24.2 Å². The van der Waals surface area contributed by atoms with Crippen LogP contribution in [0.1, 0.15) is 98.7 Å². The third-order valence-electron chi connectivity index (χ3n) is 13.1. The van der Waals surface area contributed by atoms with Crippen molar-refractivity contribution in [2.24, 2.45) is 22.9 Å². The molecule has 1 heterocycles. The molecule has 1 fully saturated rings. The zero-order valence-electron chi connectivity index (χ0n) is 40.7. The van der Waals surface area contributed by atoms with E-state index in [4.69, 9.17) is 38.4 Å². The summed E-state index contributed by atoms with van der Waals surface area (Å²) in [5.41, 5.74) is 3.59. The topological polar surface area (TPSA) is 155 Å². The summed E-state index contributed by atoms with van der Waals surface area (Å²) < 4.78 is 52.9. The van der Waals surface area contributed by atoms with E-state index >= 15 is 0 Å². The van der Waals surface area contributed by atoms with Crippen molar-refractivity contribution in [1.29, 1.82) is 0 Å². The Balaban J connectivity index is 1.40. The molecule has 0 radical (unpaired) electrons. The molecule has 1 aliphatic heterocycles. The summed E-state index contributed by atoms with van der Waals surface area (Å²) in [6, 6.07) is 25.5. The molecule has 13 nitrogen and oxygen atoms in total. The molecule has 4 aromatic rings. The van der Waals surface area contributed by atoms with Crippen molar-refractivity contribution in [2.45, 2.75) is 102 Å². The Morgan fingerprint density at radius 3 is 2.36 bits per heavy atom. The number of allylic oxidation sites excluding steroid dienone is 1. The number of ether oxygens (including phenoxy) is 6. The van der Waals surface area contributed by atoms with Crippen molar-refractivity contribution >= 4 is 18.1 Å². The number of benzene rings is 4. The number of rotatable bonds is 24. The fraction of sp³-hybridized carbons (Fsp3) is 0.446. The van der Waals surface area contributed by atoms with Gasteiger partial charge in [0.1, 0.15) is 47.1 Å². The van der Waals surface area contributed by atoms with Crippen LogP contribution in [0.2, 0.25) is 0 Å². The number of carbonyl (C=O) groups is 2. The Kier molecular flexibility index (Phi) is 17.9. The lowest BCUT2D eigenvalue weighted by atomic mass is 9.55. The second-order valence-electron chi connectivity index (χ2n) is 19.0. The van der Waals surface area contributed by atoms with Gasteiger partial charge < -0.3 is 43.5 Å². The summed E-state index contributed by atoms with van der Waals surface area (Å²) in [4.78, 5) is 34.9. The zero-order valence-corrected chi connectivity index (χ0v) is 40.7. The van der Waals surface area contributed by atoms with Crippen LogP contribution < -0.4 is 14.2 Å². The second kappa shape index (κ2) is 24.2. The summed E-state index contributed by atoms with van der Waals surface area (Å²) in [6.45, 7) is 10.3. The number of oxime groups is 1. The van der Waals surface area contributed by atoms with E-state index in [2.05, 4.69) is 12.7 Å². The van der Waals surface area contributed by atoms with Gasteiger partial charge in [-0.1, -0.05) is 72.6 Å². The van der Waals surface area contributed by atoms with E-state index in [1.165, 1.54) is 19.2 Å². The molecule has 6 atom stereocenters. The van der Waals surface area contributed by atoms with Crippen LogP contribution in [-0.4, -0.2) is 90.8 Å². The molecule has 14 heteroatoms. The molecule has 0 unspecified atom stereocenters. The van der Waals surface area contributed by atoms with Crippen molar-refractivity contribution in [3.8, 4) is 23.0 Å². The lowest BCUT2D eigenvalue weighted by Crippen LogP contribution is -2.70. The first-order valence-electron chi connectivity index (χ1n) is 24.3. The van der Waals surface area contributed by atoms with Gasteiger partial charge in [0.2, 0.25) is 5.79 Å². The zero-order chi connectivity index (χ0) is 49.7. The van der Waals surface area contributed by atoms with Gasteiger partial charge in [0, 0.05) is 37.7 Å². The summed E-state index contributed by atoms with van der Waals surface area (Å²) in [6.07, 6.45) is 8.29. The van der Waals surface area contributed by atoms with E-state index in [0.717, 1.165) is 48.7 Å². The van der Waals surface area contributed by atoms with Gasteiger partial charge in [-0.2, -0.15) is 0 Å². The number of aldehydes is 1. The first-order valence-corrected chi connectivity index (χ1v) is 24.3. The highest BCUT2D eigenvalue weighted by atomic mass is 19.1. The molecule has 1 amide bonds. The van der Waals surface area contributed by atoms with Crippen molar-refractivity contribution in [1.82, 2.24) is 4.90 Å². The molecule has 0 saturated heterocycles. The van der Waals surface area contributed by atoms with Crippen LogP contribution in [0.15, 0.2) is 120 Å². The molecule has 2 N–H and O–H groups in total. The standard InChI is InChI=1S/C56H67FN2O11/c1-6-28-67-56-51(59(35-38-18-20-42(57)21-19-38)54(63)66-30-29-65-37-39-14-8-7-9-15-39)34-48(58-70-55(2,3)4)46-32-40(16-10-12-26-60)45(17-11-13-27-61)52(53(46)56)47-33-44(23-25-50(47)69-56)68-43-22-24-49(64-5)41(31-43)36-62/h6-9,14-15,18-25,31-33,36,40,45,51-53,60-61H,1,10-13,16-17,26-30,34-35,37H2,2-5H3/t40-,45+,51-,52+,53+,56+/m0/s1.